The first-order valence-electron chi connectivity index (χ1n) is 10.7. The first-order chi connectivity index (χ1) is 16.3. The minimum Gasteiger partial charge on any atom is -0.497 e. The van der Waals surface area contributed by atoms with Crippen LogP contribution in [0.5, 0.6) is 5.75 Å². The lowest BCUT2D eigenvalue weighted by molar-refractivity contribution is -0.131. The number of hydrogen-bond acceptors (Lipinski definition) is 7. The molecule has 1 saturated heterocycles. The summed E-state index contributed by atoms with van der Waals surface area (Å²) in [6.45, 7) is 2.57. The van der Waals surface area contributed by atoms with E-state index in [1.807, 2.05) is 4.90 Å². The van der Waals surface area contributed by atoms with Crippen molar-refractivity contribution in [3.05, 3.63) is 65.4 Å². The van der Waals surface area contributed by atoms with Crippen LogP contribution in [0, 0.1) is 5.82 Å². The van der Waals surface area contributed by atoms with Gasteiger partial charge in [-0.15, -0.1) is 11.3 Å². The number of anilines is 2. The van der Waals surface area contributed by atoms with Crippen LogP contribution in [-0.2, 0) is 21.2 Å². The lowest BCUT2D eigenvalue weighted by atomic mass is 10.2. The summed E-state index contributed by atoms with van der Waals surface area (Å²) in [7, 11) is -2.25. The monoisotopic (exact) mass is 504 g/mol. The van der Waals surface area contributed by atoms with Crippen molar-refractivity contribution in [2.75, 3.05) is 42.9 Å². The second kappa shape index (κ2) is 10.4. The molecule has 0 bridgehead atoms. The van der Waals surface area contributed by atoms with Gasteiger partial charge in [-0.2, -0.15) is 0 Å². The zero-order valence-corrected chi connectivity index (χ0v) is 20.2. The van der Waals surface area contributed by atoms with Crippen molar-refractivity contribution in [2.24, 2.45) is 0 Å². The Morgan fingerprint density at radius 1 is 1.09 bits per heavy atom. The van der Waals surface area contributed by atoms with Crippen LogP contribution in [0.1, 0.15) is 12.1 Å². The number of methoxy groups -OCH3 is 1. The minimum absolute atomic E-state index is 0.0344. The number of thiazole rings is 1. The van der Waals surface area contributed by atoms with Gasteiger partial charge < -0.3 is 14.5 Å². The number of halogens is 1. The van der Waals surface area contributed by atoms with Crippen LogP contribution in [0.15, 0.2) is 58.8 Å². The van der Waals surface area contributed by atoms with Gasteiger partial charge >= 0.3 is 0 Å². The average Bonchev–Trinajstić information content (AvgIpc) is 3.29. The molecule has 1 aliphatic rings. The van der Waals surface area contributed by atoms with E-state index in [1.54, 1.807) is 29.6 Å². The zero-order chi connectivity index (χ0) is 24.1. The third-order valence-corrected chi connectivity index (χ3v) is 7.85. The van der Waals surface area contributed by atoms with Crippen LogP contribution < -0.4 is 14.4 Å². The van der Waals surface area contributed by atoms with E-state index in [0.29, 0.717) is 50.5 Å². The summed E-state index contributed by atoms with van der Waals surface area (Å²) >= 11 is 1.18. The molecule has 1 aliphatic heterocycles. The fourth-order valence-electron chi connectivity index (χ4n) is 3.66. The van der Waals surface area contributed by atoms with Crippen molar-refractivity contribution in [1.29, 1.82) is 0 Å². The Kier molecular flexibility index (Phi) is 7.32. The Hall–Kier alpha value is -3.18. The molecule has 0 radical (unpaired) electrons. The van der Waals surface area contributed by atoms with Crippen molar-refractivity contribution < 1.29 is 22.3 Å². The highest BCUT2D eigenvalue weighted by Crippen LogP contribution is 2.23. The van der Waals surface area contributed by atoms with Crippen molar-refractivity contribution in [1.82, 2.24) is 9.88 Å². The third-order valence-electron chi connectivity index (χ3n) is 5.56. The highest BCUT2D eigenvalue weighted by atomic mass is 32.2. The number of nitrogens with zero attached hydrogens (tertiary/aromatic N) is 3. The SMILES string of the molecule is COc1ccc(S(=O)(=O)Nc2nc(CCC(=O)N3CCN(c4ccc(F)cc4)CC3)cs2)cc1. The maximum atomic E-state index is 13.1. The van der Waals surface area contributed by atoms with Gasteiger partial charge in [-0.3, -0.25) is 9.52 Å². The summed E-state index contributed by atoms with van der Waals surface area (Å²) in [5.74, 6) is 0.334. The average molecular weight is 505 g/mol. The largest absolute Gasteiger partial charge is 0.497 e. The number of carbonyl (C=O) groups excluding carboxylic acids is 1. The standard InChI is InChI=1S/C23H25FN4O4S2/c1-32-20-7-9-21(10-8-20)34(30,31)26-23-25-18(16-33-23)4-11-22(29)28-14-12-27(13-15-28)19-5-2-17(24)3-6-19/h2-3,5-10,16H,4,11-15H2,1H3,(H,25,26). The second-order valence-corrected chi connectivity index (χ2v) is 10.3. The first-order valence-corrected chi connectivity index (χ1v) is 13.1. The molecule has 0 aliphatic carbocycles. The second-order valence-electron chi connectivity index (χ2n) is 7.77. The lowest BCUT2D eigenvalue weighted by Gasteiger charge is -2.36. The third kappa shape index (κ3) is 5.84. The van der Waals surface area contributed by atoms with Crippen molar-refractivity contribution >= 4 is 38.1 Å². The zero-order valence-electron chi connectivity index (χ0n) is 18.6. The Labute approximate surface area is 202 Å². The number of nitrogens with one attached hydrogen (secondary N) is 1. The van der Waals surface area contributed by atoms with E-state index in [-0.39, 0.29) is 21.8 Å². The van der Waals surface area contributed by atoms with E-state index in [9.17, 15) is 17.6 Å². The number of amides is 1. The van der Waals surface area contributed by atoms with E-state index >= 15 is 0 Å². The summed E-state index contributed by atoms with van der Waals surface area (Å²) in [6, 6.07) is 12.4. The number of sulfonamides is 1. The van der Waals surface area contributed by atoms with Gasteiger partial charge in [0.15, 0.2) is 5.13 Å². The first kappa shape index (κ1) is 24.0. The van der Waals surface area contributed by atoms with Crippen LogP contribution in [0.3, 0.4) is 0 Å². The molecule has 0 saturated carbocycles. The molecular formula is C23H25FN4O4S2. The van der Waals surface area contributed by atoms with Crippen molar-refractivity contribution in [3.63, 3.8) is 0 Å². The molecule has 34 heavy (non-hydrogen) atoms. The van der Waals surface area contributed by atoms with Gasteiger partial charge in [0.2, 0.25) is 5.91 Å². The molecule has 8 nitrogen and oxygen atoms in total. The maximum Gasteiger partial charge on any atom is 0.263 e. The molecule has 0 unspecified atom stereocenters. The van der Waals surface area contributed by atoms with Crippen LogP contribution >= 0.6 is 11.3 Å². The molecule has 4 rings (SSSR count). The van der Waals surface area contributed by atoms with Crippen LogP contribution in [0.2, 0.25) is 0 Å². The normalized spacial score (nSPS) is 14.2. The topological polar surface area (TPSA) is 91.8 Å². The van der Waals surface area contributed by atoms with E-state index < -0.39 is 10.0 Å². The fourth-order valence-corrected chi connectivity index (χ4v) is 5.65. The summed E-state index contributed by atoms with van der Waals surface area (Å²) in [5, 5.41) is 2.01. The molecule has 1 aromatic heterocycles. The van der Waals surface area contributed by atoms with E-state index in [0.717, 1.165) is 5.69 Å². The number of aryl methyl sites for hydroxylation is 1. The van der Waals surface area contributed by atoms with E-state index in [4.69, 9.17) is 4.74 Å². The summed E-state index contributed by atoms with van der Waals surface area (Å²) in [6.07, 6.45) is 0.725. The number of aromatic nitrogens is 1. The molecule has 2 aromatic carbocycles. The molecule has 11 heteroatoms. The molecule has 1 fully saturated rings. The molecular weight excluding hydrogens is 479 g/mol. The van der Waals surface area contributed by atoms with Gasteiger partial charge in [0.25, 0.3) is 10.0 Å². The number of ether oxygens (including phenoxy) is 1. The molecule has 0 atom stereocenters. The fraction of sp³-hybridized carbons (Fsp3) is 0.304. The van der Waals surface area contributed by atoms with Gasteiger partial charge in [-0.1, -0.05) is 0 Å². The number of benzene rings is 2. The lowest BCUT2D eigenvalue weighted by Crippen LogP contribution is -2.48. The van der Waals surface area contributed by atoms with Gasteiger partial charge in [0.1, 0.15) is 11.6 Å². The summed E-state index contributed by atoms with van der Waals surface area (Å²) < 4.78 is 45.8. The van der Waals surface area contributed by atoms with E-state index in [1.165, 1.54) is 42.7 Å². The van der Waals surface area contributed by atoms with Gasteiger partial charge in [-0.05, 0) is 55.0 Å². The Balaban J connectivity index is 1.26. The summed E-state index contributed by atoms with van der Waals surface area (Å²) in [5.41, 5.74) is 1.61. The van der Waals surface area contributed by atoms with Gasteiger partial charge in [0, 0.05) is 43.7 Å². The Morgan fingerprint density at radius 2 is 1.76 bits per heavy atom. The van der Waals surface area contributed by atoms with Crippen LogP contribution in [-0.4, -0.2) is 57.5 Å². The Bertz CT molecular complexity index is 1220. The summed E-state index contributed by atoms with van der Waals surface area (Å²) in [4.78, 5) is 21.0. The minimum atomic E-state index is -3.76. The Morgan fingerprint density at radius 3 is 2.41 bits per heavy atom. The number of piperazine rings is 1. The van der Waals surface area contributed by atoms with E-state index in [2.05, 4.69) is 14.6 Å². The molecule has 0 spiro atoms. The molecule has 180 valence electrons. The molecule has 1 amide bonds. The van der Waals surface area contributed by atoms with Gasteiger partial charge in [-0.25, -0.2) is 17.8 Å². The predicted molar refractivity (Wildman–Crippen MR) is 129 cm³/mol. The molecule has 2 heterocycles. The van der Waals surface area contributed by atoms with Gasteiger partial charge in [0.05, 0.1) is 17.7 Å². The number of hydrogen-bond donors (Lipinski definition) is 1. The number of rotatable bonds is 8. The van der Waals surface area contributed by atoms with Crippen LogP contribution in [0.25, 0.3) is 0 Å². The molecule has 1 N–H and O–H groups in total. The quantitative estimate of drug-likeness (QED) is 0.506. The maximum absolute atomic E-state index is 13.1. The van der Waals surface area contributed by atoms with Crippen LogP contribution in [0.4, 0.5) is 15.2 Å². The highest BCUT2D eigenvalue weighted by molar-refractivity contribution is 7.93. The van der Waals surface area contributed by atoms with Crippen molar-refractivity contribution in [3.8, 4) is 5.75 Å². The number of carbonyl (C=O) groups is 1. The predicted octanol–water partition coefficient (Wildman–Crippen LogP) is 3.37. The van der Waals surface area contributed by atoms with Crippen molar-refractivity contribution in [2.45, 2.75) is 17.7 Å². The molecule has 3 aromatic rings. The smallest absolute Gasteiger partial charge is 0.263 e. The highest BCUT2D eigenvalue weighted by Gasteiger charge is 2.22.